The lowest BCUT2D eigenvalue weighted by atomic mass is 10.3. The molecular formula is C7H7N3S. The molecule has 56 valence electrons. The number of nitrogens with zero attached hydrogens (tertiary/aromatic N) is 1. The number of hydrogen-bond donors (Lipinski definition) is 2. The fourth-order valence-electron chi connectivity index (χ4n) is 1.01. The highest BCUT2D eigenvalue weighted by Crippen LogP contribution is 2.13. The first-order valence-corrected chi connectivity index (χ1v) is 4.01. The second kappa shape index (κ2) is 2.10. The van der Waals surface area contributed by atoms with Gasteiger partial charge in [-0.25, -0.2) is 4.68 Å². The summed E-state index contributed by atoms with van der Waals surface area (Å²) in [6, 6.07) is 7.72. The first-order valence-electron chi connectivity index (χ1n) is 3.19. The number of nitrogens with two attached hydrogens (primary N) is 1. The second-order valence-electron chi connectivity index (χ2n) is 2.24. The molecule has 3 nitrogen and oxygen atoms in total. The summed E-state index contributed by atoms with van der Waals surface area (Å²) in [5.74, 6) is 5.58. The van der Waals surface area contributed by atoms with E-state index >= 15 is 0 Å². The highest BCUT2D eigenvalue weighted by Gasteiger charge is 1.98. The van der Waals surface area contributed by atoms with Crippen LogP contribution in [0.25, 0.3) is 10.2 Å². The molecule has 0 saturated heterocycles. The van der Waals surface area contributed by atoms with E-state index in [4.69, 9.17) is 11.3 Å². The topological polar surface area (TPSA) is 54.8 Å². The van der Waals surface area contributed by atoms with Crippen LogP contribution in [0, 0.1) is 5.41 Å². The molecule has 0 fully saturated rings. The third-order valence-electron chi connectivity index (χ3n) is 1.55. The van der Waals surface area contributed by atoms with Gasteiger partial charge in [0.25, 0.3) is 0 Å². The van der Waals surface area contributed by atoms with Gasteiger partial charge in [-0.15, -0.1) is 0 Å². The van der Waals surface area contributed by atoms with Crippen molar-refractivity contribution < 1.29 is 0 Å². The summed E-state index contributed by atoms with van der Waals surface area (Å²) in [4.78, 5) is 0.381. The third kappa shape index (κ3) is 0.832. The van der Waals surface area contributed by atoms with Crippen LogP contribution in [0.5, 0.6) is 0 Å². The van der Waals surface area contributed by atoms with Crippen molar-refractivity contribution in [2.75, 3.05) is 5.84 Å². The Labute approximate surface area is 67.2 Å². The highest BCUT2D eigenvalue weighted by atomic mass is 32.1. The molecule has 0 spiro atoms. The molecule has 1 aromatic heterocycles. The van der Waals surface area contributed by atoms with Crippen molar-refractivity contribution in [1.29, 1.82) is 5.41 Å². The average Bonchev–Trinajstić information content (AvgIpc) is 2.30. The molecule has 0 unspecified atom stereocenters. The van der Waals surface area contributed by atoms with E-state index in [0.29, 0.717) is 4.80 Å². The van der Waals surface area contributed by atoms with Crippen LogP contribution in [-0.2, 0) is 0 Å². The Morgan fingerprint density at radius 1 is 1.36 bits per heavy atom. The lowest BCUT2D eigenvalue weighted by molar-refractivity contribution is 0.968. The van der Waals surface area contributed by atoms with Gasteiger partial charge < -0.3 is 5.84 Å². The summed E-state index contributed by atoms with van der Waals surface area (Å²) >= 11 is 1.38. The van der Waals surface area contributed by atoms with E-state index in [1.54, 1.807) is 0 Å². The summed E-state index contributed by atoms with van der Waals surface area (Å²) in [7, 11) is 0. The summed E-state index contributed by atoms with van der Waals surface area (Å²) in [6.07, 6.45) is 0. The van der Waals surface area contributed by atoms with E-state index < -0.39 is 0 Å². The van der Waals surface area contributed by atoms with E-state index in [2.05, 4.69) is 0 Å². The Morgan fingerprint density at radius 2 is 2.09 bits per heavy atom. The van der Waals surface area contributed by atoms with E-state index in [1.165, 1.54) is 16.0 Å². The fraction of sp³-hybridized carbons (Fsp3) is 0. The van der Waals surface area contributed by atoms with Crippen LogP contribution in [0.1, 0.15) is 0 Å². The average molecular weight is 165 g/mol. The number of thiazole rings is 1. The number of hydrogen-bond acceptors (Lipinski definition) is 3. The van der Waals surface area contributed by atoms with Gasteiger partial charge in [0.15, 0.2) is 0 Å². The molecule has 0 saturated carbocycles. The van der Waals surface area contributed by atoms with Gasteiger partial charge in [0.1, 0.15) is 0 Å². The molecule has 1 heterocycles. The number of aromatic nitrogens is 1. The first-order chi connectivity index (χ1) is 5.29. The maximum Gasteiger partial charge on any atom is 0.201 e. The smallest absolute Gasteiger partial charge is 0.201 e. The van der Waals surface area contributed by atoms with Gasteiger partial charge in [-0.05, 0) is 12.1 Å². The van der Waals surface area contributed by atoms with Gasteiger partial charge in [0.05, 0.1) is 10.2 Å². The van der Waals surface area contributed by atoms with Crippen molar-refractivity contribution in [3.05, 3.63) is 29.1 Å². The number of nitrogen functional groups attached to an aromatic ring is 1. The van der Waals surface area contributed by atoms with Crippen molar-refractivity contribution in [2.45, 2.75) is 0 Å². The first kappa shape index (κ1) is 6.42. The molecule has 0 radical (unpaired) electrons. The van der Waals surface area contributed by atoms with Gasteiger partial charge in [-0.3, -0.25) is 5.41 Å². The van der Waals surface area contributed by atoms with Gasteiger partial charge in [-0.1, -0.05) is 23.5 Å². The van der Waals surface area contributed by atoms with Crippen LogP contribution in [0.2, 0.25) is 0 Å². The van der Waals surface area contributed by atoms with Gasteiger partial charge in [0.2, 0.25) is 4.80 Å². The molecule has 4 heteroatoms. The molecule has 0 aliphatic carbocycles. The minimum absolute atomic E-state index is 0.381. The maximum absolute atomic E-state index is 7.40. The summed E-state index contributed by atoms with van der Waals surface area (Å²) < 4.78 is 2.44. The molecule has 2 rings (SSSR count). The van der Waals surface area contributed by atoms with Crippen molar-refractivity contribution in [1.82, 2.24) is 4.68 Å². The zero-order valence-corrected chi connectivity index (χ0v) is 6.56. The van der Waals surface area contributed by atoms with Gasteiger partial charge in [-0.2, -0.15) is 0 Å². The van der Waals surface area contributed by atoms with Crippen molar-refractivity contribution in [3.63, 3.8) is 0 Å². The van der Waals surface area contributed by atoms with Crippen molar-refractivity contribution in [3.8, 4) is 0 Å². The molecule has 2 aromatic rings. The van der Waals surface area contributed by atoms with Crippen LogP contribution < -0.4 is 10.6 Å². The molecule has 1 aromatic carbocycles. The van der Waals surface area contributed by atoms with Crippen molar-refractivity contribution in [2.24, 2.45) is 0 Å². The minimum Gasteiger partial charge on any atom is -0.337 e. The molecule has 3 N–H and O–H groups in total. The van der Waals surface area contributed by atoms with Crippen LogP contribution in [0.4, 0.5) is 0 Å². The van der Waals surface area contributed by atoms with E-state index in [1.807, 2.05) is 24.3 Å². The Bertz CT molecular complexity index is 440. The number of nitrogens with one attached hydrogen (secondary N) is 1. The van der Waals surface area contributed by atoms with Crippen LogP contribution in [-0.4, -0.2) is 4.68 Å². The molecule has 0 atom stereocenters. The van der Waals surface area contributed by atoms with E-state index in [0.717, 1.165) is 10.2 Å². The SMILES string of the molecule is N=c1sc2ccccc2n1N. The summed E-state index contributed by atoms with van der Waals surface area (Å²) in [5.41, 5.74) is 0.919. The molecule has 0 amide bonds. The van der Waals surface area contributed by atoms with Crippen LogP contribution >= 0.6 is 11.3 Å². The van der Waals surface area contributed by atoms with E-state index in [-0.39, 0.29) is 0 Å². The minimum atomic E-state index is 0.381. The standard InChI is InChI=1S/C7H7N3S/c8-7-10(9)5-3-1-2-4-6(5)11-7/h1-4,8H,9H2. The number of fused-ring (bicyclic) bond motifs is 1. The zero-order chi connectivity index (χ0) is 7.84. The fourth-order valence-corrected chi connectivity index (χ4v) is 1.83. The predicted molar refractivity (Wildman–Crippen MR) is 45.8 cm³/mol. The lowest BCUT2D eigenvalue weighted by Gasteiger charge is -1.91. The van der Waals surface area contributed by atoms with Gasteiger partial charge >= 0.3 is 0 Å². The Hall–Kier alpha value is -1.29. The monoisotopic (exact) mass is 165 g/mol. The van der Waals surface area contributed by atoms with Crippen molar-refractivity contribution >= 4 is 21.6 Å². The van der Waals surface area contributed by atoms with Gasteiger partial charge in [0, 0.05) is 0 Å². The van der Waals surface area contributed by atoms with Crippen LogP contribution in [0.3, 0.4) is 0 Å². The zero-order valence-electron chi connectivity index (χ0n) is 5.74. The molecule has 0 aliphatic heterocycles. The summed E-state index contributed by atoms with van der Waals surface area (Å²) in [6.45, 7) is 0. The Morgan fingerprint density at radius 3 is 2.82 bits per heavy atom. The van der Waals surface area contributed by atoms with Crippen LogP contribution in [0.15, 0.2) is 24.3 Å². The number of rotatable bonds is 0. The molecule has 11 heavy (non-hydrogen) atoms. The quantitative estimate of drug-likeness (QED) is 0.560. The largest absolute Gasteiger partial charge is 0.337 e. The second-order valence-corrected chi connectivity index (χ2v) is 3.28. The Kier molecular flexibility index (Phi) is 1.22. The number of para-hydroxylation sites is 1. The summed E-state index contributed by atoms with van der Waals surface area (Å²) in [5, 5.41) is 7.40. The molecule has 0 aliphatic rings. The highest BCUT2D eigenvalue weighted by molar-refractivity contribution is 7.16. The molecular weight excluding hydrogens is 158 g/mol. The maximum atomic E-state index is 7.40. The lowest BCUT2D eigenvalue weighted by Crippen LogP contribution is -2.20. The Balaban J connectivity index is 3.04. The molecule has 0 bridgehead atoms. The predicted octanol–water partition coefficient (Wildman–Crippen LogP) is 0.896. The van der Waals surface area contributed by atoms with E-state index in [9.17, 15) is 0 Å². The number of benzene rings is 1. The normalized spacial score (nSPS) is 10.5. The third-order valence-corrected chi connectivity index (χ3v) is 2.51.